The fraction of sp³-hybridized carbons (Fsp3) is 0.273. The van der Waals surface area contributed by atoms with Crippen LogP contribution >= 0.6 is 0 Å². The van der Waals surface area contributed by atoms with Crippen LogP contribution in [0.25, 0.3) is 0 Å². The molecule has 4 rings (SSSR count). The molecule has 9 nitrogen and oxygen atoms in total. The van der Waals surface area contributed by atoms with Crippen molar-refractivity contribution in [3.63, 3.8) is 0 Å². The summed E-state index contributed by atoms with van der Waals surface area (Å²) in [6, 6.07) is 12.5. The predicted octanol–water partition coefficient (Wildman–Crippen LogP) is 2.58. The fourth-order valence-electron chi connectivity index (χ4n) is 3.06. The predicted molar refractivity (Wildman–Crippen MR) is 113 cm³/mol. The summed E-state index contributed by atoms with van der Waals surface area (Å²) in [4.78, 5) is 27.6. The molecule has 0 unspecified atom stereocenters. The van der Waals surface area contributed by atoms with Gasteiger partial charge in [-0.3, -0.25) is 4.79 Å². The van der Waals surface area contributed by atoms with E-state index in [2.05, 4.69) is 20.3 Å². The molecule has 0 aliphatic carbocycles. The van der Waals surface area contributed by atoms with E-state index in [0.717, 1.165) is 0 Å². The van der Waals surface area contributed by atoms with Gasteiger partial charge in [-0.05, 0) is 42.5 Å². The van der Waals surface area contributed by atoms with Gasteiger partial charge in [-0.1, -0.05) is 6.07 Å². The highest BCUT2D eigenvalue weighted by atomic mass is 19.1. The zero-order valence-electron chi connectivity index (χ0n) is 17.5. The van der Waals surface area contributed by atoms with Crippen molar-refractivity contribution in [3.05, 3.63) is 65.7 Å². The molecule has 32 heavy (non-hydrogen) atoms. The van der Waals surface area contributed by atoms with Crippen molar-refractivity contribution in [2.75, 3.05) is 38.3 Å². The number of nitrogens with zero attached hydrogens (tertiary/aromatic N) is 4. The van der Waals surface area contributed by atoms with E-state index in [4.69, 9.17) is 14.2 Å². The lowest BCUT2D eigenvalue weighted by Crippen LogP contribution is -2.37. The number of halogens is 1. The van der Waals surface area contributed by atoms with Crippen LogP contribution in [-0.2, 0) is 11.3 Å². The molecule has 0 radical (unpaired) electrons. The number of anilines is 1. The zero-order valence-corrected chi connectivity index (χ0v) is 17.5. The van der Waals surface area contributed by atoms with Crippen LogP contribution < -0.4 is 19.7 Å². The topological polar surface area (TPSA) is 98.7 Å². The lowest BCUT2D eigenvalue weighted by molar-refractivity contribution is 0.0949. The van der Waals surface area contributed by atoms with E-state index in [1.807, 2.05) is 4.90 Å². The molecule has 1 amide bonds. The molecule has 0 bridgehead atoms. The number of amides is 1. The summed E-state index contributed by atoms with van der Waals surface area (Å²) in [6.45, 7) is 2.62. The van der Waals surface area contributed by atoms with Crippen LogP contribution in [-0.4, -0.2) is 54.3 Å². The Balaban J connectivity index is 1.42. The first-order valence-electron chi connectivity index (χ1n) is 10.0. The van der Waals surface area contributed by atoms with Crippen molar-refractivity contribution < 1.29 is 23.4 Å². The molecular weight excluding hydrogens is 417 g/mol. The number of hydrogen-bond acceptors (Lipinski definition) is 8. The normalized spacial score (nSPS) is 13.5. The number of carbonyl (C=O) groups is 1. The molecule has 1 aliphatic heterocycles. The van der Waals surface area contributed by atoms with Gasteiger partial charge in [0.1, 0.15) is 17.3 Å². The van der Waals surface area contributed by atoms with Gasteiger partial charge < -0.3 is 24.4 Å². The maximum atomic E-state index is 13.1. The average Bonchev–Trinajstić information content (AvgIpc) is 2.84. The monoisotopic (exact) mass is 439 g/mol. The molecule has 2 heterocycles. The largest absolute Gasteiger partial charge is 0.467 e. The van der Waals surface area contributed by atoms with Gasteiger partial charge in [-0.25, -0.2) is 4.39 Å². The lowest BCUT2D eigenvalue weighted by atomic mass is 10.2. The Morgan fingerprint density at radius 1 is 1.09 bits per heavy atom. The second kappa shape index (κ2) is 10.0. The summed E-state index contributed by atoms with van der Waals surface area (Å²) >= 11 is 0. The smallest absolute Gasteiger partial charge is 0.321 e. The van der Waals surface area contributed by atoms with Gasteiger partial charge >= 0.3 is 6.01 Å². The van der Waals surface area contributed by atoms with Crippen LogP contribution in [0.3, 0.4) is 0 Å². The Kier molecular flexibility index (Phi) is 6.71. The lowest BCUT2D eigenvalue weighted by Gasteiger charge is -2.26. The Bertz CT molecular complexity index is 1070. The average molecular weight is 439 g/mol. The third kappa shape index (κ3) is 5.46. The number of rotatable bonds is 7. The fourth-order valence-corrected chi connectivity index (χ4v) is 3.06. The molecule has 0 atom stereocenters. The second-order valence-corrected chi connectivity index (χ2v) is 6.90. The molecule has 1 N–H and O–H groups in total. The van der Waals surface area contributed by atoms with Crippen LogP contribution in [0, 0.1) is 5.82 Å². The molecule has 3 aromatic rings. The maximum Gasteiger partial charge on any atom is 0.321 e. The molecule has 1 fully saturated rings. The standard InChI is InChI=1S/C22H22FN5O4/c1-30-22-26-19(25-21(27-22)28-9-11-31-12-10-28)14-24-20(29)15-3-2-4-18(13-15)32-17-7-5-16(23)6-8-17/h2-8,13H,9-12,14H2,1H3,(H,24,29). The summed E-state index contributed by atoms with van der Waals surface area (Å²) in [6.07, 6.45) is 0. The molecule has 2 aromatic carbocycles. The van der Waals surface area contributed by atoms with Gasteiger partial charge in [-0.2, -0.15) is 15.0 Å². The number of methoxy groups -OCH3 is 1. The summed E-state index contributed by atoms with van der Waals surface area (Å²) in [5.74, 6) is 1.13. The van der Waals surface area contributed by atoms with E-state index < -0.39 is 0 Å². The Labute approximate surface area is 184 Å². The minimum absolute atomic E-state index is 0.0953. The van der Waals surface area contributed by atoms with Gasteiger partial charge in [0.25, 0.3) is 5.91 Å². The molecule has 166 valence electrons. The van der Waals surface area contributed by atoms with Crippen LogP contribution in [0.15, 0.2) is 48.5 Å². The number of carbonyl (C=O) groups excluding carboxylic acids is 1. The Morgan fingerprint density at radius 2 is 1.88 bits per heavy atom. The number of ether oxygens (including phenoxy) is 3. The van der Waals surface area contributed by atoms with Crippen LogP contribution in [0.5, 0.6) is 17.5 Å². The quantitative estimate of drug-likeness (QED) is 0.600. The van der Waals surface area contributed by atoms with Crippen molar-refractivity contribution in [2.45, 2.75) is 6.54 Å². The van der Waals surface area contributed by atoms with Crippen molar-refractivity contribution >= 4 is 11.9 Å². The van der Waals surface area contributed by atoms with E-state index in [1.54, 1.807) is 24.3 Å². The van der Waals surface area contributed by atoms with Crippen molar-refractivity contribution in [2.24, 2.45) is 0 Å². The number of benzene rings is 2. The zero-order chi connectivity index (χ0) is 22.3. The van der Waals surface area contributed by atoms with Gasteiger partial charge in [0.15, 0.2) is 5.82 Å². The highest BCUT2D eigenvalue weighted by Crippen LogP contribution is 2.22. The third-order valence-corrected chi connectivity index (χ3v) is 4.68. The van der Waals surface area contributed by atoms with Gasteiger partial charge in [-0.15, -0.1) is 0 Å². The Hall–Kier alpha value is -3.79. The molecule has 0 saturated carbocycles. The van der Waals surface area contributed by atoms with E-state index in [9.17, 15) is 9.18 Å². The molecule has 0 spiro atoms. The first-order valence-corrected chi connectivity index (χ1v) is 10.0. The maximum absolute atomic E-state index is 13.1. The van der Waals surface area contributed by atoms with E-state index in [0.29, 0.717) is 55.1 Å². The molecule has 1 aliphatic rings. The SMILES string of the molecule is COc1nc(CNC(=O)c2cccc(Oc3ccc(F)cc3)c2)nc(N2CCOCC2)n1. The number of hydrogen-bond donors (Lipinski definition) is 1. The minimum Gasteiger partial charge on any atom is -0.467 e. The highest BCUT2D eigenvalue weighted by Gasteiger charge is 2.17. The molecular formula is C22H22FN5O4. The number of nitrogens with one attached hydrogen (secondary N) is 1. The van der Waals surface area contributed by atoms with E-state index in [1.165, 1.54) is 31.4 Å². The highest BCUT2D eigenvalue weighted by molar-refractivity contribution is 5.94. The van der Waals surface area contributed by atoms with Crippen LogP contribution in [0.1, 0.15) is 16.2 Å². The minimum atomic E-state index is -0.350. The van der Waals surface area contributed by atoms with Crippen LogP contribution in [0.4, 0.5) is 10.3 Å². The molecule has 1 aromatic heterocycles. The number of aromatic nitrogens is 3. The Morgan fingerprint density at radius 3 is 2.62 bits per heavy atom. The first kappa shape index (κ1) is 21.4. The van der Waals surface area contributed by atoms with Gasteiger partial charge in [0.2, 0.25) is 5.95 Å². The van der Waals surface area contributed by atoms with Gasteiger partial charge in [0.05, 0.1) is 26.9 Å². The van der Waals surface area contributed by atoms with E-state index in [-0.39, 0.29) is 24.3 Å². The van der Waals surface area contributed by atoms with Gasteiger partial charge in [0, 0.05) is 18.7 Å². The van der Waals surface area contributed by atoms with E-state index >= 15 is 0 Å². The molecule has 10 heteroatoms. The van der Waals surface area contributed by atoms with Crippen molar-refractivity contribution in [1.29, 1.82) is 0 Å². The third-order valence-electron chi connectivity index (χ3n) is 4.68. The second-order valence-electron chi connectivity index (χ2n) is 6.90. The summed E-state index contributed by atoms with van der Waals surface area (Å²) in [5, 5.41) is 2.80. The summed E-state index contributed by atoms with van der Waals surface area (Å²) in [5.41, 5.74) is 0.402. The van der Waals surface area contributed by atoms with Crippen LogP contribution in [0.2, 0.25) is 0 Å². The van der Waals surface area contributed by atoms with Crippen molar-refractivity contribution in [3.8, 4) is 17.5 Å². The summed E-state index contributed by atoms with van der Waals surface area (Å²) < 4.78 is 29.3. The molecule has 1 saturated heterocycles. The first-order chi connectivity index (χ1) is 15.6. The summed E-state index contributed by atoms with van der Waals surface area (Å²) in [7, 11) is 1.48. The van der Waals surface area contributed by atoms with Crippen molar-refractivity contribution in [1.82, 2.24) is 20.3 Å². The number of morpholine rings is 1.